The van der Waals surface area contributed by atoms with Crippen LogP contribution in [0.3, 0.4) is 0 Å². The van der Waals surface area contributed by atoms with Gasteiger partial charge in [-0.15, -0.1) is 0 Å². The molecule has 4 aliphatic rings. The fraction of sp³-hybridized carbons (Fsp3) is 0.447. The van der Waals surface area contributed by atoms with E-state index in [4.69, 9.17) is 38.4 Å². The van der Waals surface area contributed by atoms with Gasteiger partial charge in [-0.25, -0.2) is 18.1 Å². The first-order valence-electron chi connectivity index (χ1n) is 22.2. The van der Waals surface area contributed by atoms with Gasteiger partial charge < -0.3 is 25.4 Å². The van der Waals surface area contributed by atoms with Gasteiger partial charge in [0.25, 0.3) is 21.6 Å². The van der Waals surface area contributed by atoms with Gasteiger partial charge in [-0.3, -0.25) is 24.7 Å². The Morgan fingerprint density at radius 3 is 2.38 bits per heavy atom. The summed E-state index contributed by atoms with van der Waals surface area (Å²) in [5.41, 5.74) is 10.6. The number of sulfonamides is 1. The molecule has 2 aliphatic carbocycles. The number of nitrogens with one attached hydrogen (secondary N) is 2. The third-order valence-electron chi connectivity index (χ3n) is 13.1. The van der Waals surface area contributed by atoms with Crippen LogP contribution in [-0.4, -0.2) is 105 Å². The first-order chi connectivity index (χ1) is 31.1. The Hall–Kier alpha value is -4.97. The Kier molecular flexibility index (Phi) is 14.2. The molecule has 2 aliphatic heterocycles. The number of nitro benzene ring substituents is 1. The summed E-state index contributed by atoms with van der Waals surface area (Å²) in [4.78, 5) is 36.4. The Morgan fingerprint density at radius 2 is 1.69 bits per heavy atom. The molecule has 346 valence electrons. The molecule has 0 bridgehead atoms. The second-order valence-corrected chi connectivity index (χ2v) is 20.7. The molecule has 15 nitrogen and oxygen atoms in total. The quantitative estimate of drug-likeness (QED) is 0.0856. The van der Waals surface area contributed by atoms with Crippen molar-refractivity contribution in [2.75, 3.05) is 75.0 Å². The molecule has 18 heteroatoms. The summed E-state index contributed by atoms with van der Waals surface area (Å²) in [6, 6.07) is 18.6. The van der Waals surface area contributed by atoms with E-state index in [1.165, 1.54) is 47.2 Å². The molecular formula is C47H56Cl2N8O7S. The van der Waals surface area contributed by atoms with Gasteiger partial charge in [-0.2, -0.15) is 0 Å². The highest BCUT2D eigenvalue weighted by molar-refractivity contribution is 7.90. The number of nitro groups is 1. The zero-order chi connectivity index (χ0) is 45.9. The number of rotatable bonds is 13. The lowest BCUT2D eigenvalue weighted by Crippen LogP contribution is -2.47. The van der Waals surface area contributed by atoms with E-state index in [9.17, 15) is 23.3 Å². The minimum absolute atomic E-state index is 0.00875. The first kappa shape index (κ1) is 46.6. The Balaban J connectivity index is 0.968. The van der Waals surface area contributed by atoms with Crippen molar-refractivity contribution >= 4 is 67.6 Å². The molecule has 4 aromatic rings. The number of nitrogen functional groups attached to an aromatic ring is 1. The zero-order valence-electron chi connectivity index (χ0n) is 36.7. The molecular weight excluding hydrogens is 892 g/mol. The molecule has 4 N–H and O–H groups in total. The molecule has 0 spiro atoms. The summed E-state index contributed by atoms with van der Waals surface area (Å²) in [6.45, 7) is 11.8. The number of hydrogen-bond donors (Lipinski definition) is 3. The maximum atomic E-state index is 13.9. The average molecular weight is 948 g/mol. The van der Waals surface area contributed by atoms with Gasteiger partial charge in [-0.1, -0.05) is 54.8 Å². The van der Waals surface area contributed by atoms with Crippen molar-refractivity contribution in [1.29, 1.82) is 0 Å². The van der Waals surface area contributed by atoms with E-state index in [-0.39, 0.29) is 45.0 Å². The van der Waals surface area contributed by atoms with Crippen LogP contribution in [0.4, 0.5) is 22.9 Å². The van der Waals surface area contributed by atoms with E-state index in [1.807, 2.05) is 12.1 Å². The van der Waals surface area contributed by atoms with Crippen LogP contribution in [0.2, 0.25) is 10.0 Å². The van der Waals surface area contributed by atoms with Gasteiger partial charge in [0, 0.05) is 86.8 Å². The lowest BCUT2D eigenvalue weighted by atomic mass is 9.72. The predicted octanol–water partition coefficient (Wildman–Crippen LogP) is 8.63. The monoisotopic (exact) mass is 946 g/mol. The minimum Gasteiger partial charge on any atom is -0.455 e. The van der Waals surface area contributed by atoms with Crippen LogP contribution in [0.25, 0.3) is 5.57 Å². The molecule has 8 rings (SSSR count). The number of amides is 1. The van der Waals surface area contributed by atoms with Crippen molar-refractivity contribution in [3.63, 3.8) is 0 Å². The molecule has 0 atom stereocenters. The number of morpholine rings is 1. The molecule has 1 aromatic heterocycles. The molecule has 65 heavy (non-hydrogen) atoms. The van der Waals surface area contributed by atoms with Crippen molar-refractivity contribution in [2.24, 2.45) is 5.41 Å². The van der Waals surface area contributed by atoms with Crippen molar-refractivity contribution in [1.82, 2.24) is 19.5 Å². The van der Waals surface area contributed by atoms with Gasteiger partial charge in [0.1, 0.15) is 23.0 Å². The summed E-state index contributed by atoms with van der Waals surface area (Å²) in [5.74, 6) is -0.671. The number of anilines is 3. The predicted molar refractivity (Wildman–Crippen MR) is 255 cm³/mol. The van der Waals surface area contributed by atoms with Crippen LogP contribution in [0.1, 0.15) is 74.7 Å². The molecule has 3 fully saturated rings. The summed E-state index contributed by atoms with van der Waals surface area (Å²) in [5, 5.41) is 16.4. The highest BCUT2D eigenvalue weighted by atomic mass is 35.5. The molecule has 3 heterocycles. The highest BCUT2D eigenvalue weighted by Crippen LogP contribution is 2.44. The number of piperazine rings is 1. The van der Waals surface area contributed by atoms with Gasteiger partial charge in [0.05, 0.1) is 39.8 Å². The number of carbonyl (C=O) groups excluding carboxylic acids is 1. The summed E-state index contributed by atoms with van der Waals surface area (Å²) in [7, 11) is -4.59. The second-order valence-electron chi connectivity index (χ2n) is 18.2. The molecule has 1 saturated carbocycles. The maximum absolute atomic E-state index is 13.9. The number of ether oxygens (including phenoxy) is 2. The van der Waals surface area contributed by atoms with Crippen molar-refractivity contribution in [3.05, 3.63) is 110 Å². The summed E-state index contributed by atoms with van der Waals surface area (Å²) >= 11 is 12.5. The van der Waals surface area contributed by atoms with Gasteiger partial charge in [0.15, 0.2) is 0 Å². The second kappa shape index (κ2) is 19.9. The smallest absolute Gasteiger partial charge is 0.293 e. The zero-order valence-corrected chi connectivity index (χ0v) is 39.1. The number of nitrogens with zero attached hydrogens (tertiary/aromatic N) is 5. The third kappa shape index (κ3) is 11.4. The fourth-order valence-electron chi connectivity index (χ4n) is 9.43. The SMILES string of the molecule is CC1(C)CCC(CN2CCN(c3ccc(C(=O)NS(=O)(=O)c4ccc(N[C@H]5CC[C@@H](N6CCOCC6)CC5)c([N+](=O)[O-])c4)c(Oc4cnc(N)c(Cl)c4)c3)CC2)=C(c2ccc(Cl)cc2)C1. The van der Waals surface area contributed by atoms with E-state index in [1.54, 1.807) is 12.1 Å². The summed E-state index contributed by atoms with van der Waals surface area (Å²) in [6.07, 6.45) is 8.04. The number of allylic oxidation sites excluding steroid dienone is 1. The standard InChI is InChI=1S/C47H56Cl2N8O7S/c1-47(2)16-15-32(40(28-47)31-3-5-33(48)6-4-31)30-54-17-19-55(20-18-54)36-11-13-39(44(25-36)64-37-26-41(49)45(50)51-29-37)46(58)53-65(61,62)38-12-14-42(43(27-38)57(59)60)52-34-7-9-35(10-8-34)56-21-23-63-24-22-56/h3-6,11-14,25-27,29,34-35,52H,7-10,15-24,28,30H2,1-2H3,(H2,50,51)(H,53,58)/t34-,35+. The van der Waals surface area contributed by atoms with Crippen LogP contribution in [-0.2, 0) is 14.8 Å². The molecule has 0 radical (unpaired) electrons. The Labute approximate surface area is 390 Å². The normalized spacial score (nSPS) is 20.9. The lowest BCUT2D eigenvalue weighted by Gasteiger charge is -2.39. The van der Waals surface area contributed by atoms with E-state index >= 15 is 0 Å². The molecule has 0 unspecified atom stereocenters. The number of pyridine rings is 1. The van der Waals surface area contributed by atoms with Crippen molar-refractivity contribution in [3.8, 4) is 11.5 Å². The number of nitrogens with two attached hydrogens (primary N) is 1. The highest BCUT2D eigenvalue weighted by Gasteiger charge is 2.32. The maximum Gasteiger partial charge on any atom is 0.293 e. The number of hydrogen-bond acceptors (Lipinski definition) is 13. The number of carbonyl (C=O) groups is 1. The Bertz CT molecular complexity index is 2540. The Morgan fingerprint density at radius 1 is 0.969 bits per heavy atom. The minimum atomic E-state index is -4.59. The van der Waals surface area contributed by atoms with E-state index in [0.717, 1.165) is 108 Å². The van der Waals surface area contributed by atoms with Crippen LogP contribution >= 0.6 is 23.2 Å². The molecule has 1 amide bonds. The van der Waals surface area contributed by atoms with Crippen LogP contribution < -0.4 is 25.4 Å². The summed E-state index contributed by atoms with van der Waals surface area (Å²) < 4.78 is 41.3. The number of halogens is 2. The average Bonchev–Trinajstić information content (AvgIpc) is 3.29. The topological polar surface area (TPSA) is 186 Å². The van der Waals surface area contributed by atoms with Gasteiger partial charge >= 0.3 is 0 Å². The van der Waals surface area contributed by atoms with Crippen molar-refractivity contribution < 1.29 is 27.6 Å². The number of benzene rings is 3. The van der Waals surface area contributed by atoms with E-state index < -0.39 is 31.4 Å². The van der Waals surface area contributed by atoms with Gasteiger partial charge in [0.2, 0.25) is 0 Å². The van der Waals surface area contributed by atoms with E-state index in [0.29, 0.717) is 19.1 Å². The first-order valence-corrected chi connectivity index (χ1v) is 24.5. The van der Waals surface area contributed by atoms with Gasteiger partial charge in [-0.05, 0) is 97.9 Å². The largest absolute Gasteiger partial charge is 0.455 e. The van der Waals surface area contributed by atoms with Crippen LogP contribution in [0.5, 0.6) is 11.5 Å². The van der Waals surface area contributed by atoms with Crippen molar-refractivity contribution in [2.45, 2.75) is 75.8 Å². The fourth-order valence-corrected chi connectivity index (χ4v) is 10.7. The van der Waals surface area contributed by atoms with E-state index in [2.05, 4.69) is 55.7 Å². The molecule has 3 aromatic carbocycles. The van der Waals surface area contributed by atoms with Crippen LogP contribution in [0, 0.1) is 15.5 Å². The molecule has 2 saturated heterocycles. The third-order valence-corrected chi connectivity index (χ3v) is 15.0. The lowest BCUT2D eigenvalue weighted by molar-refractivity contribution is -0.384. The number of aromatic nitrogens is 1. The van der Waals surface area contributed by atoms with Crippen LogP contribution in [0.15, 0.2) is 83.4 Å².